The van der Waals surface area contributed by atoms with Crippen LogP contribution in [0.3, 0.4) is 0 Å². The molecule has 0 aliphatic rings. The molecule has 1 atom stereocenters. The fourth-order valence-corrected chi connectivity index (χ4v) is 3.44. The maximum atomic E-state index is 12.6. The van der Waals surface area contributed by atoms with Crippen molar-refractivity contribution in [1.82, 2.24) is 14.9 Å². The molecule has 1 aromatic carbocycles. The van der Waals surface area contributed by atoms with E-state index in [0.29, 0.717) is 5.69 Å². The Kier molecular flexibility index (Phi) is 5.56. The van der Waals surface area contributed by atoms with Crippen molar-refractivity contribution in [2.45, 2.75) is 19.4 Å². The Morgan fingerprint density at radius 2 is 2.15 bits per heavy atom. The Labute approximate surface area is 160 Å². The Bertz CT molecular complexity index is 958. The third-order valence-corrected chi connectivity index (χ3v) is 5.27. The molecule has 8 heteroatoms. The molecule has 2 aromatic heterocycles. The van der Waals surface area contributed by atoms with E-state index in [1.54, 1.807) is 36.5 Å². The van der Waals surface area contributed by atoms with E-state index in [0.717, 1.165) is 16.1 Å². The number of carbonyl (C=O) groups is 1. The van der Waals surface area contributed by atoms with Gasteiger partial charge in [0, 0.05) is 42.5 Å². The van der Waals surface area contributed by atoms with Gasteiger partial charge in [-0.15, -0.1) is 11.3 Å². The van der Waals surface area contributed by atoms with E-state index >= 15 is 0 Å². The fraction of sp³-hybridized carbons (Fsp3) is 0.211. The molecule has 0 saturated heterocycles. The Morgan fingerprint density at radius 1 is 1.33 bits per heavy atom. The molecule has 0 N–H and O–H groups in total. The quantitative estimate of drug-likeness (QED) is 0.477. The van der Waals surface area contributed by atoms with Gasteiger partial charge in [0.25, 0.3) is 5.69 Å². The number of nitro benzene ring substituents is 1. The topological polar surface area (TPSA) is 89.2 Å². The normalized spacial score (nSPS) is 11.8. The molecule has 7 nitrogen and oxygen atoms in total. The van der Waals surface area contributed by atoms with Gasteiger partial charge in [-0.2, -0.15) is 0 Å². The van der Waals surface area contributed by atoms with Crippen LogP contribution in [-0.2, 0) is 11.2 Å². The Balaban J connectivity index is 1.70. The Morgan fingerprint density at radius 3 is 2.85 bits per heavy atom. The summed E-state index contributed by atoms with van der Waals surface area (Å²) in [7, 11) is 1.69. The molecule has 0 aliphatic heterocycles. The Hall–Kier alpha value is -3.13. The number of nitro groups is 1. The van der Waals surface area contributed by atoms with Crippen LogP contribution in [0.5, 0.6) is 0 Å². The third-order valence-electron chi connectivity index (χ3n) is 4.33. The molecule has 27 heavy (non-hydrogen) atoms. The van der Waals surface area contributed by atoms with Crippen molar-refractivity contribution in [2.24, 2.45) is 0 Å². The number of non-ortho nitro benzene ring substituents is 1. The molecule has 0 spiro atoms. The zero-order valence-corrected chi connectivity index (χ0v) is 15.7. The van der Waals surface area contributed by atoms with Gasteiger partial charge in [0.1, 0.15) is 5.01 Å². The van der Waals surface area contributed by atoms with E-state index in [-0.39, 0.29) is 24.1 Å². The molecule has 138 valence electrons. The third kappa shape index (κ3) is 4.35. The number of likely N-dealkylation sites (N-methyl/N-ethyl adjacent to an activating group) is 1. The molecule has 0 bridgehead atoms. The van der Waals surface area contributed by atoms with Gasteiger partial charge >= 0.3 is 0 Å². The summed E-state index contributed by atoms with van der Waals surface area (Å²) >= 11 is 1.47. The summed E-state index contributed by atoms with van der Waals surface area (Å²) in [4.78, 5) is 33.3. The number of rotatable bonds is 6. The summed E-state index contributed by atoms with van der Waals surface area (Å²) in [5, 5.41) is 13.6. The number of aromatic nitrogens is 2. The number of nitrogens with zero attached hydrogens (tertiary/aromatic N) is 4. The molecule has 0 unspecified atom stereocenters. The lowest BCUT2D eigenvalue weighted by molar-refractivity contribution is -0.384. The summed E-state index contributed by atoms with van der Waals surface area (Å²) in [6.07, 6.45) is 3.61. The van der Waals surface area contributed by atoms with Gasteiger partial charge in [0.05, 0.1) is 23.1 Å². The molecule has 3 aromatic rings. The molecular formula is C19H18N4O3S. The van der Waals surface area contributed by atoms with Gasteiger partial charge in [0.15, 0.2) is 0 Å². The van der Waals surface area contributed by atoms with E-state index in [2.05, 4.69) is 9.97 Å². The number of amides is 1. The van der Waals surface area contributed by atoms with E-state index in [1.807, 2.05) is 24.4 Å². The summed E-state index contributed by atoms with van der Waals surface area (Å²) in [6.45, 7) is 1.85. The molecule has 2 heterocycles. The molecule has 0 aliphatic carbocycles. The minimum atomic E-state index is -0.437. The maximum Gasteiger partial charge on any atom is 0.269 e. The minimum absolute atomic E-state index is 0.0146. The lowest BCUT2D eigenvalue weighted by atomic mass is 10.1. The first-order valence-corrected chi connectivity index (χ1v) is 9.18. The van der Waals surface area contributed by atoms with Crippen molar-refractivity contribution in [3.05, 3.63) is 75.5 Å². The minimum Gasteiger partial charge on any atom is -0.339 e. The standard InChI is InChI=1S/C19H18N4O3S/c1-13(14-5-3-7-17(9-14)23(25)26)22(2)18(24)10-16-12-27-19(21-16)15-6-4-8-20-11-15/h3-9,11-13H,10H2,1-2H3/t13-/m1/s1. The molecule has 1 amide bonds. The van der Waals surface area contributed by atoms with Gasteiger partial charge in [0.2, 0.25) is 5.91 Å². The maximum absolute atomic E-state index is 12.6. The van der Waals surface area contributed by atoms with Crippen LogP contribution < -0.4 is 0 Å². The summed E-state index contributed by atoms with van der Waals surface area (Å²) < 4.78 is 0. The SMILES string of the molecule is C[C@H](c1cccc([N+](=O)[O-])c1)N(C)C(=O)Cc1csc(-c2cccnc2)n1. The monoisotopic (exact) mass is 382 g/mol. The summed E-state index contributed by atoms with van der Waals surface area (Å²) in [5.41, 5.74) is 2.34. The van der Waals surface area contributed by atoms with Crippen LogP contribution in [0.2, 0.25) is 0 Å². The van der Waals surface area contributed by atoms with Crippen molar-refractivity contribution in [3.63, 3.8) is 0 Å². The first kappa shape index (κ1) is 18.7. The van der Waals surface area contributed by atoms with Crippen molar-refractivity contribution in [3.8, 4) is 10.6 Å². The molecule has 0 radical (unpaired) electrons. The first-order valence-electron chi connectivity index (χ1n) is 8.30. The molecular weight excluding hydrogens is 364 g/mol. The number of hydrogen-bond donors (Lipinski definition) is 0. The number of hydrogen-bond acceptors (Lipinski definition) is 6. The van der Waals surface area contributed by atoms with Gasteiger partial charge in [-0.1, -0.05) is 12.1 Å². The molecule has 3 rings (SSSR count). The zero-order chi connectivity index (χ0) is 19.4. The highest BCUT2D eigenvalue weighted by molar-refractivity contribution is 7.13. The van der Waals surface area contributed by atoms with Crippen molar-refractivity contribution >= 4 is 22.9 Å². The zero-order valence-electron chi connectivity index (χ0n) is 14.9. The number of pyridine rings is 1. The van der Waals surface area contributed by atoms with E-state index < -0.39 is 4.92 Å². The summed E-state index contributed by atoms with van der Waals surface area (Å²) in [5.74, 6) is -0.1000. The largest absolute Gasteiger partial charge is 0.339 e. The van der Waals surface area contributed by atoms with Gasteiger partial charge in [-0.25, -0.2) is 4.98 Å². The lowest BCUT2D eigenvalue weighted by Gasteiger charge is -2.25. The first-order chi connectivity index (χ1) is 13.0. The van der Waals surface area contributed by atoms with Crippen molar-refractivity contribution < 1.29 is 9.72 Å². The van der Waals surface area contributed by atoms with Crippen LogP contribution in [0.4, 0.5) is 5.69 Å². The average Bonchev–Trinajstić information content (AvgIpc) is 3.16. The van der Waals surface area contributed by atoms with Crippen LogP contribution in [0, 0.1) is 10.1 Å². The van der Waals surface area contributed by atoms with E-state index in [4.69, 9.17) is 0 Å². The highest BCUT2D eigenvalue weighted by Crippen LogP contribution is 2.25. The fourth-order valence-electron chi connectivity index (χ4n) is 2.63. The van der Waals surface area contributed by atoms with Crippen LogP contribution in [0.25, 0.3) is 10.6 Å². The van der Waals surface area contributed by atoms with Gasteiger partial charge < -0.3 is 4.90 Å². The number of thiazole rings is 1. The number of carbonyl (C=O) groups excluding carboxylic acids is 1. The highest BCUT2D eigenvalue weighted by Gasteiger charge is 2.20. The van der Waals surface area contributed by atoms with Crippen molar-refractivity contribution in [1.29, 1.82) is 0 Å². The molecule has 0 fully saturated rings. The van der Waals surface area contributed by atoms with Crippen molar-refractivity contribution in [2.75, 3.05) is 7.05 Å². The van der Waals surface area contributed by atoms with Crippen LogP contribution in [-0.4, -0.2) is 32.7 Å². The second kappa shape index (κ2) is 8.05. The van der Waals surface area contributed by atoms with E-state index in [1.165, 1.54) is 23.5 Å². The lowest BCUT2D eigenvalue weighted by Crippen LogP contribution is -2.31. The second-order valence-corrected chi connectivity index (χ2v) is 6.95. The molecule has 0 saturated carbocycles. The van der Waals surface area contributed by atoms with Gasteiger partial charge in [-0.05, 0) is 24.6 Å². The van der Waals surface area contributed by atoms with E-state index in [9.17, 15) is 14.9 Å². The van der Waals surface area contributed by atoms with Crippen LogP contribution in [0.1, 0.15) is 24.2 Å². The number of benzene rings is 1. The van der Waals surface area contributed by atoms with Gasteiger partial charge in [-0.3, -0.25) is 19.9 Å². The second-order valence-electron chi connectivity index (χ2n) is 6.10. The van der Waals surface area contributed by atoms with Crippen LogP contribution in [0.15, 0.2) is 54.2 Å². The predicted molar refractivity (Wildman–Crippen MR) is 103 cm³/mol. The predicted octanol–water partition coefficient (Wildman–Crippen LogP) is 3.88. The smallest absolute Gasteiger partial charge is 0.269 e. The summed E-state index contributed by atoms with van der Waals surface area (Å²) in [6, 6.07) is 9.83. The highest BCUT2D eigenvalue weighted by atomic mass is 32.1. The van der Waals surface area contributed by atoms with Crippen LogP contribution >= 0.6 is 11.3 Å². The average molecular weight is 382 g/mol.